The van der Waals surface area contributed by atoms with E-state index in [2.05, 4.69) is 32.3 Å². The predicted molar refractivity (Wildman–Crippen MR) is 75.4 cm³/mol. The number of rotatable bonds is 3. The normalized spacial score (nSPS) is 9.83. The molecule has 0 fully saturated rings. The van der Waals surface area contributed by atoms with Gasteiger partial charge in [-0.15, -0.1) is 0 Å². The number of nitrogens with one attached hydrogen (secondary N) is 1. The molecule has 0 unspecified atom stereocenters. The number of pyridine rings is 1. The first-order chi connectivity index (χ1) is 8.69. The molecule has 1 aromatic carbocycles. The molecule has 0 aliphatic heterocycles. The summed E-state index contributed by atoms with van der Waals surface area (Å²) in [5.74, 6) is 0. The molecule has 0 aliphatic rings. The monoisotopic (exact) mass is 321 g/mol. The van der Waals surface area contributed by atoms with Crippen LogP contribution in [0.4, 0.5) is 5.69 Å². The number of nitrogens with zero attached hydrogens (tertiary/aromatic N) is 2. The van der Waals surface area contributed by atoms with Crippen molar-refractivity contribution in [1.29, 1.82) is 5.26 Å². The van der Waals surface area contributed by atoms with Crippen molar-refractivity contribution in [3.05, 3.63) is 57.3 Å². The topological polar surface area (TPSA) is 48.7 Å². The van der Waals surface area contributed by atoms with Crippen molar-refractivity contribution in [2.75, 3.05) is 5.32 Å². The predicted octanol–water partition coefficient (Wildman–Crippen LogP) is 3.98. The number of halogens is 2. The molecule has 18 heavy (non-hydrogen) atoms. The quantitative estimate of drug-likeness (QED) is 0.870. The van der Waals surface area contributed by atoms with Crippen LogP contribution in [0.25, 0.3) is 0 Å². The van der Waals surface area contributed by atoms with Gasteiger partial charge in [-0.05, 0) is 39.7 Å². The second-order valence-corrected chi connectivity index (χ2v) is 4.93. The van der Waals surface area contributed by atoms with Crippen LogP contribution in [0.2, 0.25) is 5.15 Å². The molecule has 0 amide bonds. The van der Waals surface area contributed by atoms with E-state index < -0.39 is 0 Å². The molecule has 1 aromatic heterocycles. The Morgan fingerprint density at radius 3 is 3.00 bits per heavy atom. The van der Waals surface area contributed by atoms with E-state index in [0.29, 0.717) is 17.3 Å². The lowest BCUT2D eigenvalue weighted by Crippen LogP contribution is -2.01. The summed E-state index contributed by atoms with van der Waals surface area (Å²) in [7, 11) is 0. The van der Waals surface area contributed by atoms with Crippen LogP contribution < -0.4 is 5.32 Å². The lowest BCUT2D eigenvalue weighted by Gasteiger charge is -2.08. The van der Waals surface area contributed by atoms with E-state index in [1.807, 2.05) is 24.3 Å². The zero-order chi connectivity index (χ0) is 13.0. The average Bonchev–Trinajstić information content (AvgIpc) is 2.40. The molecule has 0 bridgehead atoms. The van der Waals surface area contributed by atoms with Crippen molar-refractivity contribution in [3.8, 4) is 6.07 Å². The van der Waals surface area contributed by atoms with Crippen molar-refractivity contribution >= 4 is 33.2 Å². The Morgan fingerprint density at radius 2 is 2.22 bits per heavy atom. The van der Waals surface area contributed by atoms with Gasteiger partial charge in [0.2, 0.25) is 0 Å². The fourth-order valence-electron chi connectivity index (χ4n) is 1.49. The van der Waals surface area contributed by atoms with Crippen LogP contribution in [-0.2, 0) is 6.54 Å². The maximum atomic E-state index is 8.82. The molecule has 2 aromatic rings. The number of benzene rings is 1. The largest absolute Gasteiger partial charge is 0.378 e. The van der Waals surface area contributed by atoms with E-state index in [-0.39, 0.29) is 0 Å². The van der Waals surface area contributed by atoms with Crippen molar-refractivity contribution in [2.45, 2.75) is 6.54 Å². The molecule has 1 heterocycles. The molecule has 0 aliphatic carbocycles. The van der Waals surface area contributed by atoms with Crippen molar-refractivity contribution in [2.24, 2.45) is 0 Å². The van der Waals surface area contributed by atoms with Crippen LogP contribution in [0.1, 0.15) is 11.1 Å². The summed E-state index contributed by atoms with van der Waals surface area (Å²) in [5, 5.41) is 12.4. The summed E-state index contributed by atoms with van der Waals surface area (Å²) < 4.78 is 0.861. The first kappa shape index (κ1) is 12.9. The van der Waals surface area contributed by atoms with Crippen molar-refractivity contribution in [1.82, 2.24) is 4.98 Å². The summed E-state index contributed by atoms with van der Waals surface area (Å²) in [6.45, 7) is 0.591. The number of nitriles is 1. The second-order valence-electron chi connectivity index (χ2n) is 3.66. The van der Waals surface area contributed by atoms with E-state index in [1.54, 1.807) is 12.3 Å². The molecular weight excluding hydrogens is 314 g/mol. The summed E-state index contributed by atoms with van der Waals surface area (Å²) in [5.41, 5.74) is 2.42. The Labute approximate surface area is 119 Å². The van der Waals surface area contributed by atoms with Gasteiger partial charge in [-0.2, -0.15) is 5.26 Å². The van der Waals surface area contributed by atoms with Crippen LogP contribution >= 0.6 is 27.5 Å². The maximum Gasteiger partial charge on any atom is 0.152 e. The highest BCUT2D eigenvalue weighted by molar-refractivity contribution is 9.10. The molecule has 90 valence electrons. The molecule has 0 atom stereocenters. The smallest absolute Gasteiger partial charge is 0.152 e. The number of aromatic nitrogens is 1. The summed E-state index contributed by atoms with van der Waals surface area (Å²) in [6, 6.07) is 11.4. The Balaban J connectivity index is 2.11. The molecule has 5 heteroatoms. The molecule has 0 saturated carbocycles. The van der Waals surface area contributed by atoms with E-state index in [9.17, 15) is 0 Å². The lowest BCUT2D eigenvalue weighted by molar-refractivity contribution is 1.13. The molecular formula is C13H9BrClN3. The van der Waals surface area contributed by atoms with E-state index in [0.717, 1.165) is 15.7 Å². The van der Waals surface area contributed by atoms with Crippen LogP contribution in [0.15, 0.2) is 41.0 Å². The van der Waals surface area contributed by atoms with Gasteiger partial charge in [-0.25, -0.2) is 4.98 Å². The van der Waals surface area contributed by atoms with Gasteiger partial charge in [0.1, 0.15) is 0 Å². The molecule has 0 saturated heterocycles. The van der Waals surface area contributed by atoms with Gasteiger partial charge in [0, 0.05) is 17.2 Å². The van der Waals surface area contributed by atoms with E-state index >= 15 is 0 Å². The van der Waals surface area contributed by atoms with Gasteiger partial charge in [0.25, 0.3) is 0 Å². The standard InChI is InChI=1S/C13H9BrClN3/c14-11-5-12(13(15)18-8-11)17-7-10-3-1-2-9(4-10)6-16/h1-5,8,17H,7H2. The highest BCUT2D eigenvalue weighted by Gasteiger charge is 2.02. The van der Waals surface area contributed by atoms with Crippen molar-refractivity contribution in [3.63, 3.8) is 0 Å². The summed E-state index contributed by atoms with van der Waals surface area (Å²) in [4.78, 5) is 4.03. The van der Waals surface area contributed by atoms with E-state index in [1.165, 1.54) is 0 Å². The lowest BCUT2D eigenvalue weighted by atomic mass is 10.1. The zero-order valence-corrected chi connectivity index (χ0v) is 11.7. The number of anilines is 1. The minimum Gasteiger partial charge on any atom is -0.378 e. The van der Waals surface area contributed by atoms with E-state index in [4.69, 9.17) is 16.9 Å². The van der Waals surface area contributed by atoms with Gasteiger partial charge in [-0.3, -0.25) is 0 Å². The molecule has 2 rings (SSSR count). The Kier molecular flexibility index (Phi) is 4.19. The number of hydrogen-bond donors (Lipinski definition) is 1. The minimum absolute atomic E-state index is 0.426. The van der Waals surface area contributed by atoms with Crippen LogP contribution in [0, 0.1) is 11.3 Å². The summed E-state index contributed by atoms with van der Waals surface area (Å²) in [6.07, 6.45) is 1.64. The first-order valence-electron chi connectivity index (χ1n) is 5.23. The van der Waals surface area contributed by atoms with Crippen LogP contribution in [0.3, 0.4) is 0 Å². The third-order valence-electron chi connectivity index (χ3n) is 2.34. The highest BCUT2D eigenvalue weighted by atomic mass is 79.9. The molecule has 0 radical (unpaired) electrons. The van der Waals surface area contributed by atoms with Crippen molar-refractivity contribution < 1.29 is 0 Å². The second kappa shape index (κ2) is 5.85. The van der Waals surface area contributed by atoms with Gasteiger partial charge in [0.05, 0.1) is 17.3 Å². The molecule has 3 nitrogen and oxygen atoms in total. The Morgan fingerprint density at radius 1 is 1.39 bits per heavy atom. The zero-order valence-electron chi connectivity index (χ0n) is 9.32. The maximum absolute atomic E-state index is 8.82. The van der Waals surface area contributed by atoms with Gasteiger partial charge in [0.15, 0.2) is 5.15 Å². The fraction of sp³-hybridized carbons (Fsp3) is 0.0769. The van der Waals surface area contributed by atoms with Crippen LogP contribution in [0.5, 0.6) is 0 Å². The van der Waals surface area contributed by atoms with Gasteiger partial charge < -0.3 is 5.32 Å². The first-order valence-corrected chi connectivity index (χ1v) is 6.40. The molecule has 1 N–H and O–H groups in total. The van der Waals surface area contributed by atoms with Gasteiger partial charge >= 0.3 is 0 Å². The fourth-order valence-corrected chi connectivity index (χ4v) is 2.00. The Hall–Kier alpha value is -1.57. The average molecular weight is 323 g/mol. The highest BCUT2D eigenvalue weighted by Crippen LogP contribution is 2.23. The third-order valence-corrected chi connectivity index (χ3v) is 3.08. The Bertz CT molecular complexity index is 607. The minimum atomic E-state index is 0.426. The van der Waals surface area contributed by atoms with Gasteiger partial charge in [-0.1, -0.05) is 23.7 Å². The van der Waals surface area contributed by atoms with Crippen LogP contribution in [-0.4, -0.2) is 4.98 Å². The summed E-state index contributed by atoms with van der Waals surface area (Å²) >= 11 is 9.32. The SMILES string of the molecule is N#Cc1cccc(CNc2cc(Br)cnc2Cl)c1. The number of hydrogen-bond acceptors (Lipinski definition) is 3. The third kappa shape index (κ3) is 3.22. The molecule has 0 spiro atoms.